The van der Waals surface area contributed by atoms with Crippen molar-refractivity contribution in [3.05, 3.63) is 35.6 Å². The summed E-state index contributed by atoms with van der Waals surface area (Å²) in [6.45, 7) is 3.22. The van der Waals surface area contributed by atoms with Gasteiger partial charge < -0.3 is 10.6 Å². The van der Waals surface area contributed by atoms with Crippen LogP contribution in [-0.4, -0.2) is 24.5 Å². The summed E-state index contributed by atoms with van der Waals surface area (Å²) in [5.74, 6) is 1.58. The van der Waals surface area contributed by atoms with E-state index in [9.17, 15) is 4.39 Å². The molecule has 0 bridgehead atoms. The summed E-state index contributed by atoms with van der Waals surface area (Å²) in [5.41, 5.74) is 7.16. The summed E-state index contributed by atoms with van der Waals surface area (Å²) >= 11 is 0. The van der Waals surface area contributed by atoms with E-state index in [4.69, 9.17) is 5.73 Å². The summed E-state index contributed by atoms with van der Waals surface area (Å²) in [6.07, 6.45) is 5.49. The molecular weight excluding hydrogens is 239 g/mol. The van der Waals surface area contributed by atoms with Crippen LogP contribution in [0.4, 0.5) is 4.39 Å². The number of halogens is 1. The molecular formula is C16H23FN2. The van der Waals surface area contributed by atoms with Gasteiger partial charge in [0.15, 0.2) is 0 Å². The molecule has 2 fully saturated rings. The molecule has 0 aromatic heterocycles. The molecule has 2 N–H and O–H groups in total. The molecule has 1 unspecified atom stereocenters. The number of benzene rings is 1. The first-order chi connectivity index (χ1) is 9.20. The minimum atomic E-state index is -0.191. The second kappa shape index (κ2) is 5.59. The molecule has 0 saturated heterocycles. The van der Waals surface area contributed by atoms with Gasteiger partial charge in [0.05, 0.1) is 0 Å². The van der Waals surface area contributed by atoms with E-state index >= 15 is 0 Å². The average molecular weight is 262 g/mol. The first-order valence-electron chi connectivity index (χ1n) is 7.44. The molecule has 3 rings (SSSR count). The van der Waals surface area contributed by atoms with Crippen LogP contribution < -0.4 is 5.73 Å². The van der Waals surface area contributed by atoms with Gasteiger partial charge in [-0.15, -0.1) is 0 Å². The fourth-order valence-corrected chi connectivity index (χ4v) is 2.68. The second-order valence-electron chi connectivity index (χ2n) is 6.27. The maximum Gasteiger partial charge on any atom is 0.123 e. The molecule has 1 aromatic carbocycles. The molecule has 2 saturated carbocycles. The van der Waals surface area contributed by atoms with E-state index in [1.54, 1.807) is 12.1 Å². The van der Waals surface area contributed by atoms with Crippen LogP contribution in [0.5, 0.6) is 0 Å². The third-order valence-corrected chi connectivity index (χ3v) is 4.16. The van der Waals surface area contributed by atoms with E-state index in [0.717, 1.165) is 23.9 Å². The third-order valence-electron chi connectivity index (χ3n) is 4.16. The first kappa shape index (κ1) is 13.1. The minimum absolute atomic E-state index is 0.0757. The zero-order valence-electron chi connectivity index (χ0n) is 11.4. The fraction of sp³-hybridized carbons (Fsp3) is 0.625. The Kier molecular flexibility index (Phi) is 3.85. The molecule has 3 heteroatoms. The topological polar surface area (TPSA) is 29.3 Å². The van der Waals surface area contributed by atoms with Gasteiger partial charge in [0.1, 0.15) is 5.82 Å². The summed E-state index contributed by atoms with van der Waals surface area (Å²) in [7, 11) is 0. The number of nitrogens with zero attached hydrogens (tertiary/aromatic N) is 1. The molecule has 2 nitrogen and oxygen atoms in total. The van der Waals surface area contributed by atoms with Gasteiger partial charge in [0.2, 0.25) is 0 Å². The Morgan fingerprint density at radius 2 is 1.79 bits per heavy atom. The zero-order chi connectivity index (χ0) is 13.2. The van der Waals surface area contributed by atoms with Gasteiger partial charge in [0, 0.05) is 25.7 Å². The quantitative estimate of drug-likeness (QED) is 0.818. The van der Waals surface area contributed by atoms with Crippen LogP contribution in [0.25, 0.3) is 0 Å². The maximum absolute atomic E-state index is 13.2. The highest BCUT2D eigenvalue weighted by atomic mass is 19.1. The lowest BCUT2D eigenvalue weighted by Gasteiger charge is -2.26. The van der Waals surface area contributed by atoms with Gasteiger partial charge in [-0.2, -0.15) is 0 Å². The van der Waals surface area contributed by atoms with Gasteiger partial charge in [-0.1, -0.05) is 12.1 Å². The van der Waals surface area contributed by atoms with Crippen molar-refractivity contribution in [3.8, 4) is 0 Å². The van der Waals surface area contributed by atoms with Crippen LogP contribution in [0.1, 0.15) is 37.3 Å². The van der Waals surface area contributed by atoms with Crippen molar-refractivity contribution in [2.45, 2.75) is 31.7 Å². The third kappa shape index (κ3) is 4.02. The largest absolute Gasteiger partial charge is 0.323 e. The Morgan fingerprint density at radius 1 is 1.16 bits per heavy atom. The van der Waals surface area contributed by atoms with Gasteiger partial charge in [-0.25, -0.2) is 4.39 Å². The predicted octanol–water partition coefficient (Wildman–Crippen LogP) is 2.95. The number of rotatable bonds is 7. The molecule has 1 atom stereocenters. The van der Waals surface area contributed by atoms with Gasteiger partial charge >= 0.3 is 0 Å². The van der Waals surface area contributed by atoms with Crippen molar-refractivity contribution < 1.29 is 4.39 Å². The smallest absolute Gasteiger partial charge is 0.123 e. The lowest BCUT2D eigenvalue weighted by Crippen LogP contribution is -2.35. The summed E-state index contributed by atoms with van der Waals surface area (Å²) in [4.78, 5) is 2.50. The van der Waals surface area contributed by atoms with Crippen molar-refractivity contribution in [1.82, 2.24) is 4.90 Å². The molecule has 0 amide bonds. The predicted molar refractivity (Wildman–Crippen MR) is 75.2 cm³/mol. The first-order valence-corrected chi connectivity index (χ1v) is 7.44. The Hall–Kier alpha value is -0.930. The Bertz CT molecular complexity index is 413. The van der Waals surface area contributed by atoms with E-state index in [1.165, 1.54) is 44.8 Å². The molecule has 0 aliphatic heterocycles. The molecule has 19 heavy (non-hydrogen) atoms. The monoisotopic (exact) mass is 262 g/mol. The molecule has 2 aliphatic carbocycles. The van der Waals surface area contributed by atoms with Crippen LogP contribution in [0, 0.1) is 17.7 Å². The van der Waals surface area contributed by atoms with Crippen LogP contribution in [0.2, 0.25) is 0 Å². The molecule has 0 radical (unpaired) electrons. The van der Waals surface area contributed by atoms with Gasteiger partial charge in [0.25, 0.3) is 0 Å². The zero-order valence-corrected chi connectivity index (χ0v) is 11.4. The van der Waals surface area contributed by atoms with Gasteiger partial charge in [-0.3, -0.25) is 0 Å². The molecule has 1 aromatic rings. The average Bonchev–Trinajstić information content (AvgIpc) is 3.25. The minimum Gasteiger partial charge on any atom is -0.323 e. The van der Waals surface area contributed by atoms with Crippen LogP contribution in [0.15, 0.2) is 24.3 Å². The van der Waals surface area contributed by atoms with E-state index in [2.05, 4.69) is 4.90 Å². The van der Waals surface area contributed by atoms with Crippen molar-refractivity contribution >= 4 is 0 Å². The van der Waals surface area contributed by atoms with Crippen LogP contribution in [-0.2, 0) is 0 Å². The highest BCUT2D eigenvalue weighted by molar-refractivity contribution is 5.20. The van der Waals surface area contributed by atoms with Crippen LogP contribution in [0.3, 0.4) is 0 Å². The van der Waals surface area contributed by atoms with Crippen molar-refractivity contribution in [1.29, 1.82) is 0 Å². The van der Waals surface area contributed by atoms with Crippen molar-refractivity contribution in [2.24, 2.45) is 17.6 Å². The standard InChI is InChI=1S/C16H23FN2/c17-15-3-1-2-14(8-15)16(18)11-19(9-12-4-5-12)10-13-6-7-13/h1-3,8,12-13,16H,4-7,9-11,18H2. The summed E-state index contributed by atoms with van der Waals surface area (Å²) in [6, 6.07) is 6.64. The van der Waals surface area contributed by atoms with Gasteiger partial charge in [-0.05, 0) is 55.2 Å². The Labute approximate surface area is 114 Å². The number of hydrogen-bond donors (Lipinski definition) is 1. The van der Waals surface area contributed by atoms with E-state index < -0.39 is 0 Å². The maximum atomic E-state index is 13.2. The summed E-state index contributed by atoms with van der Waals surface area (Å²) in [5, 5.41) is 0. The van der Waals surface area contributed by atoms with E-state index in [0.29, 0.717) is 0 Å². The Morgan fingerprint density at radius 3 is 2.32 bits per heavy atom. The molecule has 0 heterocycles. The van der Waals surface area contributed by atoms with Crippen molar-refractivity contribution in [2.75, 3.05) is 19.6 Å². The lowest BCUT2D eigenvalue weighted by atomic mass is 10.1. The van der Waals surface area contributed by atoms with E-state index in [1.807, 2.05) is 6.07 Å². The molecule has 104 valence electrons. The second-order valence-corrected chi connectivity index (χ2v) is 6.27. The fourth-order valence-electron chi connectivity index (χ4n) is 2.68. The van der Waals surface area contributed by atoms with E-state index in [-0.39, 0.29) is 11.9 Å². The van der Waals surface area contributed by atoms with Crippen molar-refractivity contribution in [3.63, 3.8) is 0 Å². The SMILES string of the molecule is NC(CN(CC1CC1)CC1CC1)c1cccc(F)c1. The molecule has 0 spiro atoms. The summed E-state index contributed by atoms with van der Waals surface area (Å²) < 4.78 is 13.2. The molecule has 2 aliphatic rings. The number of hydrogen-bond acceptors (Lipinski definition) is 2. The number of nitrogens with two attached hydrogens (primary N) is 1. The lowest BCUT2D eigenvalue weighted by molar-refractivity contribution is 0.238. The highest BCUT2D eigenvalue weighted by Gasteiger charge is 2.29. The highest BCUT2D eigenvalue weighted by Crippen LogP contribution is 2.34. The normalized spacial score (nSPS) is 20.8. The Balaban J connectivity index is 1.59. The van der Waals surface area contributed by atoms with Crippen LogP contribution >= 0.6 is 0 Å².